The number of nitrogens with zero attached hydrogens (tertiary/aromatic N) is 1. The Morgan fingerprint density at radius 2 is 2.17 bits per heavy atom. The molecule has 0 amide bonds. The predicted octanol–water partition coefficient (Wildman–Crippen LogP) is 0.627. The highest BCUT2D eigenvalue weighted by atomic mass is 16.5. The van der Waals surface area contributed by atoms with Gasteiger partial charge < -0.3 is 10.2 Å². The number of aliphatic hydroxyl groups excluding tert-OH is 1. The second-order valence-electron chi connectivity index (χ2n) is 4.11. The summed E-state index contributed by atoms with van der Waals surface area (Å²) in [5.74, 6) is 0.795. The van der Waals surface area contributed by atoms with Crippen molar-refractivity contribution in [2.24, 2.45) is 17.3 Å². The molecule has 2 bridgehead atoms. The third-order valence-corrected chi connectivity index (χ3v) is 3.57. The summed E-state index contributed by atoms with van der Waals surface area (Å²) in [4.78, 5) is 0. The Kier molecular flexibility index (Phi) is 1.64. The minimum absolute atomic E-state index is 0.229. The molecule has 0 aromatic carbocycles. The van der Waals surface area contributed by atoms with Crippen molar-refractivity contribution in [2.75, 3.05) is 0 Å². The maximum Gasteiger partial charge on any atom is 0.170 e. The fourth-order valence-corrected chi connectivity index (χ4v) is 2.88. The summed E-state index contributed by atoms with van der Waals surface area (Å²) in [6, 6.07) is 2.11. The highest BCUT2D eigenvalue weighted by Crippen LogP contribution is 2.56. The maximum atomic E-state index is 9.16. The number of aliphatic hydroxyl groups is 2. The predicted molar refractivity (Wildman–Crippen MR) is 41.7 cm³/mol. The van der Waals surface area contributed by atoms with Crippen molar-refractivity contribution in [3.63, 3.8) is 0 Å². The molecule has 0 spiro atoms. The van der Waals surface area contributed by atoms with E-state index in [1.165, 1.54) is 6.42 Å². The summed E-state index contributed by atoms with van der Waals surface area (Å²) in [6.07, 6.45) is 2.42. The lowest BCUT2D eigenvalue weighted by atomic mass is 9.74. The van der Waals surface area contributed by atoms with Gasteiger partial charge in [-0.2, -0.15) is 5.26 Å². The third kappa shape index (κ3) is 0.825. The number of fused-ring (bicyclic) bond motifs is 2. The molecule has 66 valence electrons. The molecular weight excluding hydrogens is 154 g/mol. The van der Waals surface area contributed by atoms with Gasteiger partial charge in [0.15, 0.2) is 6.29 Å². The average molecular weight is 167 g/mol. The highest BCUT2D eigenvalue weighted by Gasteiger charge is 2.55. The minimum Gasteiger partial charge on any atom is -0.367 e. The Bertz CT molecular complexity index is 233. The van der Waals surface area contributed by atoms with Crippen LogP contribution >= 0.6 is 0 Å². The van der Waals surface area contributed by atoms with E-state index in [1.807, 2.05) is 0 Å². The first kappa shape index (κ1) is 8.03. The van der Waals surface area contributed by atoms with Crippen LogP contribution in [0, 0.1) is 28.6 Å². The van der Waals surface area contributed by atoms with Crippen molar-refractivity contribution in [1.82, 2.24) is 0 Å². The summed E-state index contributed by atoms with van der Waals surface area (Å²) >= 11 is 0. The molecule has 3 nitrogen and oxygen atoms in total. The molecule has 3 unspecified atom stereocenters. The van der Waals surface area contributed by atoms with Gasteiger partial charge in [-0.3, -0.25) is 0 Å². The lowest BCUT2D eigenvalue weighted by Gasteiger charge is -2.32. The van der Waals surface area contributed by atoms with Gasteiger partial charge in [-0.25, -0.2) is 0 Å². The molecule has 2 fully saturated rings. The van der Waals surface area contributed by atoms with E-state index in [2.05, 4.69) is 6.07 Å². The average Bonchev–Trinajstić information content (AvgIpc) is 2.62. The zero-order chi connectivity index (χ0) is 8.77. The first-order valence-electron chi connectivity index (χ1n) is 4.46. The number of hydrogen-bond acceptors (Lipinski definition) is 3. The molecule has 0 aliphatic heterocycles. The fourth-order valence-electron chi connectivity index (χ4n) is 2.88. The lowest BCUT2D eigenvalue weighted by molar-refractivity contribution is -0.130. The molecule has 2 N–H and O–H groups in total. The van der Waals surface area contributed by atoms with Crippen LogP contribution in [0.4, 0.5) is 0 Å². The molecule has 0 radical (unpaired) electrons. The summed E-state index contributed by atoms with van der Waals surface area (Å²) in [5, 5.41) is 27.3. The van der Waals surface area contributed by atoms with E-state index >= 15 is 0 Å². The summed E-state index contributed by atoms with van der Waals surface area (Å²) in [7, 11) is 0. The third-order valence-electron chi connectivity index (χ3n) is 3.57. The van der Waals surface area contributed by atoms with Crippen LogP contribution in [0.1, 0.15) is 25.7 Å². The van der Waals surface area contributed by atoms with Crippen molar-refractivity contribution in [1.29, 1.82) is 5.26 Å². The number of hydrogen-bond donors (Lipinski definition) is 2. The first-order chi connectivity index (χ1) is 5.69. The van der Waals surface area contributed by atoms with Crippen molar-refractivity contribution >= 4 is 0 Å². The van der Waals surface area contributed by atoms with Crippen LogP contribution in [-0.4, -0.2) is 16.5 Å². The Balaban J connectivity index is 2.27. The molecule has 12 heavy (non-hydrogen) atoms. The van der Waals surface area contributed by atoms with E-state index in [9.17, 15) is 0 Å². The van der Waals surface area contributed by atoms with Crippen LogP contribution in [0.5, 0.6) is 0 Å². The van der Waals surface area contributed by atoms with Gasteiger partial charge in [-0.15, -0.1) is 0 Å². The van der Waals surface area contributed by atoms with Gasteiger partial charge in [-0.05, 0) is 31.1 Å². The molecule has 0 aromatic rings. The normalized spacial score (nSPS) is 45.2. The van der Waals surface area contributed by atoms with Gasteiger partial charge in [-0.1, -0.05) is 6.42 Å². The fraction of sp³-hybridized carbons (Fsp3) is 0.889. The molecule has 2 rings (SSSR count). The van der Waals surface area contributed by atoms with Crippen LogP contribution in [0.25, 0.3) is 0 Å². The van der Waals surface area contributed by atoms with Crippen LogP contribution in [0.3, 0.4) is 0 Å². The summed E-state index contributed by atoms with van der Waals surface area (Å²) in [5.41, 5.74) is -0.830. The topological polar surface area (TPSA) is 64.2 Å². The van der Waals surface area contributed by atoms with Crippen molar-refractivity contribution in [3.05, 3.63) is 0 Å². The largest absolute Gasteiger partial charge is 0.367 e. The Hall–Kier alpha value is -0.590. The monoisotopic (exact) mass is 167 g/mol. The smallest absolute Gasteiger partial charge is 0.170 e. The zero-order valence-corrected chi connectivity index (χ0v) is 6.90. The Labute approximate surface area is 71.6 Å². The van der Waals surface area contributed by atoms with Crippen molar-refractivity contribution in [3.8, 4) is 6.07 Å². The molecule has 2 saturated carbocycles. The molecule has 3 heteroatoms. The standard InChI is InChI=1S/C9H13NO2/c10-5-9(8(11)12)4-6-1-2-7(9)3-6/h6-8,11-12H,1-4H2. The molecule has 3 atom stereocenters. The molecule has 0 aromatic heterocycles. The van der Waals surface area contributed by atoms with E-state index in [4.69, 9.17) is 15.5 Å². The van der Waals surface area contributed by atoms with Gasteiger partial charge in [0, 0.05) is 0 Å². The van der Waals surface area contributed by atoms with E-state index in [-0.39, 0.29) is 5.92 Å². The SMILES string of the molecule is N#CC1(C(O)O)CC2CCC1C2. The molecule has 2 aliphatic rings. The molecule has 2 aliphatic carbocycles. The van der Waals surface area contributed by atoms with Gasteiger partial charge in [0.25, 0.3) is 0 Å². The van der Waals surface area contributed by atoms with Gasteiger partial charge in [0.1, 0.15) is 5.41 Å². The van der Waals surface area contributed by atoms with Crippen LogP contribution < -0.4 is 0 Å². The van der Waals surface area contributed by atoms with Gasteiger partial charge >= 0.3 is 0 Å². The highest BCUT2D eigenvalue weighted by molar-refractivity contribution is 5.12. The van der Waals surface area contributed by atoms with Crippen molar-refractivity contribution in [2.45, 2.75) is 32.0 Å². The number of rotatable bonds is 1. The number of nitriles is 1. The quantitative estimate of drug-likeness (QED) is 0.563. The van der Waals surface area contributed by atoms with Crippen molar-refractivity contribution < 1.29 is 10.2 Å². The van der Waals surface area contributed by atoms with Gasteiger partial charge in [0.05, 0.1) is 6.07 Å². The van der Waals surface area contributed by atoms with Crippen LogP contribution in [0.2, 0.25) is 0 Å². The van der Waals surface area contributed by atoms with E-state index in [0.29, 0.717) is 12.3 Å². The summed E-state index contributed by atoms with van der Waals surface area (Å²) < 4.78 is 0. The van der Waals surface area contributed by atoms with E-state index in [1.54, 1.807) is 0 Å². The lowest BCUT2D eigenvalue weighted by Crippen LogP contribution is -2.38. The van der Waals surface area contributed by atoms with Crippen LogP contribution in [-0.2, 0) is 0 Å². The summed E-state index contributed by atoms with van der Waals surface area (Å²) in [6.45, 7) is 0. The van der Waals surface area contributed by atoms with E-state index in [0.717, 1.165) is 12.8 Å². The second kappa shape index (κ2) is 2.45. The zero-order valence-electron chi connectivity index (χ0n) is 6.90. The second-order valence-corrected chi connectivity index (χ2v) is 4.11. The van der Waals surface area contributed by atoms with Gasteiger partial charge in [0.2, 0.25) is 0 Å². The molecular formula is C9H13NO2. The van der Waals surface area contributed by atoms with E-state index < -0.39 is 11.7 Å². The molecule has 0 heterocycles. The Morgan fingerprint density at radius 1 is 1.42 bits per heavy atom. The Morgan fingerprint density at radius 3 is 2.42 bits per heavy atom. The minimum atomic E-state index is -1.45. The van der Waals surface area contributed by atoms with Crippen LogP contribution in [0.15, 0.2) is 0 Å². The maximum absolute atomic E-state index is 9.16. The molecule has 0 saturated heterocycles. The first-order valence-corrected chi connectivity index (χ1v) is 4.46.